The first-order chi connectivity index (χ1) is 62.9. The largest absolute Gasteiger partial charge is 0.481 e. The Morgan fingerprint density at radius 2 is 0.795 bits per heavy atom. The van der Waals surface area contributed by atoms with Gasteiger partial charge in [0.1, 0.15) is 54.4 Å². The normalized spacial score (nSPS) is 16.8. The molecule has 1 saturated carbocycles. The van der Waals surface area contributed by atoms with Crippen LogP contribution in [0.3, 0.4) is 0 Å². The number of carboxylic acids is 9. The minimum absolute atomic E-state index is 0.00247. The fraction of sp³-hybridized carbons (Fsp3) is 0.542. The van der Waals surface area contributed by atoms with Gasteiger partial charge in [-0.3, -0.25) is 96.3 Å². The highest BCUT2D eigenvalue weighted by Gasteiger charge is 2.38. The smallest absolute Gasteiger partial charge is 0.326 e. The Balaban J connectivity index is 1.01. The molecule has 0 bridgehead atoms. The summed E-state index contributed by atoms with van der Waals surface area (Å²) in [5, 5.41) is 117. The SMILES string of the molecule is O=C(O)CCC[C@H](NC(=O)[C@H](Cc1c[nH]cn1)NC(=O)[C@H](CCC(=O)O)NC(=O)[C@H](Cc1cnc[nH]1)NC(=O)[C@H](CCC(=O)O)NC(=O)[C@H](Cc1cnc[nH]1)NC(=O)CN1CCN(CC(=O)O)CCN(CC(=O)O)CCN(CC(=O)O)CC1)C(=O)NC[C@H]1CC[C@H](C(=O)N[C@@H](Cc2ccc3ccccc3c2)C(=O)NCCCC[C@H](NC(=O)N[C@@H](CCC(=O)O)C(=O)O)C(=O)O)CC1. The zero-order valence-corrected chi connectivity index (χ0v) is 72.3. The fourth-order valence-corrected chi connectivity index (χ4v) is 14.9. The van der Waals surface area contributed by atoms with Crippen molar-refractivity contribution < 1.29 is 137 Å². The van der Waals surface area contributed by atoms with E-state index in [1.54, 1.807) is 9.80 Å². The third-order valence-corrected chi connectivity index (χ3v) is 22.0. The van der Waals surface area contributed by atoms with Crippen molar-refractivity contribution >= 4 is 124 Å². The second-order valence-electron chi connectivity index (χ2n) is 32.2. The monoisotopic (exact) mass is 1850 g/mol. The maximum absolute atomic E-state index is 14.8. The Bertz CT molecular complexity index is 4710. The van der Waals surface area contributed by atoms with Gasteiger partial charge in [-0.25, -0.2) is 29.3 Å². The molecule has 0 unspecified atom stereocenters. The molecule has 9 atom stereocenters. The zero-order chi connectivity index (χ0) is 96.3. The van der Waals surface area contributed by atoms with E-state index in [4.69, 9.17) is 5.11 Å². The molecule has 4 heterocycles. The van der Waals surface area contributed by atoms with Gasteiger partial charge in [0, 0.05) is 153 Å². The van der Waals surface area contributed by atoms with Crippen LogP contribution < -0.4 is 58.5 Å². The Labute approximate surface area is 754 Å². The summed E-state index contributed by atoms with van der Waals surface area (Å²) in [4.78, 5) is 276. The van der Waals surface area contributed by atoms with E-state index in [0.29, 0.717) is 18.4 Å². The predicted octanol–water partition coefficient (Wildman–Crippen LogP) is -3.59. The summed E-state index contributed by atoms with van der Waals surface area (Å²) in [5.41, 5.74) is 1.32. The summed E-state index contributed by atoms with van der Waals surface area (Å²) in [5.74, 6) is -21.1. The summed E-state index contributed by atoms with van der Waals surface area (Å²) >= 11 is 0. The minimum atomic E-state index is -1.87. The molecular weight excluding hydrogens is 1740 g/mol. The van der Waals surface area contributed by atoms with E-state index in [2.05, 4.69) is 88.4 Å². The number of unbranched alkanes of at least 4 members (excludes halogenated alkanes) is 1. The van der Waals surface area contributed by atoms with E-state index in [1.165, 1.54) is 47.4 Å². The van der Waals surface area contributed by atoms with Crippen LogP contribution in [0.4, 0.5) is 4.79 Å². The van der Waals surface area contributed by atoms with Crippen molar-refractivity contribution in [1.82, 2.24) is 108 Å². The van der Waals surface area contributed by atoms with Gasteiger partial charge in [0.25, 0.3) is 0 Å². The molecule has 1 aliphatic carbocycles. The average Bonchev–Trinajstić information content (AvgIpc) is 1.03. The van der Waals surface area contributed by atoms with Crippen LogP contribution in [-0.2, 0) is 112 Å². The number of carboxylic acid groups (broad SMARTS) is 9. The molecule has 49 nitrogen and oxygen atoms in total. The molecule has 720 valence electrons. The van der Waals surface area contributed by atoms with Crippen LogP contribution >= 0.6 is 0 Å². The Kier molecular flexibility index (Phi) is 43.3. The van der Waals surface area contributed by atoms with Gasteiger partial charge in [-0.1, -0.05) is 42.5 Å². The molecule has 0 spiro atoms. The number of urea groups is 1. The van der Waals surface area contributed by atoms with Crippen molar-refractivity contribution in [3.8, 4) is 0 Å². The van der Waals surface area contributed by atoms with Crippen molar-refractivity contribution in [2.75, 3.05) is 91.6 Å². The fourth-order valence-electron chi connectivity index (χ4n) is 14.9. The number of benzene rings is 2. The van der Waals surface area contributed by atoms with E-state index in [-0.39, 0.29) is 146 Å². The number of H-pyrrole nitrogens is 3. The number of carbonyl (C=O) groups is 19. The topological polar surface area (TPSA) is 738 Å². The van der Waals surface area contributed by atoms with Crippen molar-refractivity contribution in [1.29, 1.82) is 0 Å². The molecule has 5 aromatic rings. The molecule has 2 fully saturated rings. The molecule has 0 radical (unpaired) electrons. The highest BCUT2D eigenvalue weighted by atomic mass is 16.4. The number of fused-ring (bicyclic) bond motifs is 1. The lowest BCUT2D eigenvalue weighted by atomic mass is 9.81. The summed E-state index contributed by atoms with van der Waals surface area (Å²) < 4.78 is 0. The number of hydrogen-bond donors (Lipinski definition) is 23. The number of imidazole rings is 3. The number of nitrogens with one attached hydrogen (secondary N) is 14. The van der Waals surface area contributed by atoms with Crippen LogP contribution in [0.1, 0.15) is 125 Å². The van der Waals surface area contributed by atoms with Crippen LogP contribution in [0.25, 0.3) is 10.8 Å². The number of nitrogens with zero attached hydrogens (tertiary/aromatic N) is 7. The Morgan fingerprint density at radius 1 is 0.379 bits per heavy atom. The molecule has 2 aliphatic rings. The molecule has 1 aliphatic heterocycles. The number of aliphatic carboxylic acids is 9. The predicted molar refractivity (Wildman–Crippen MR) is 459 cm³/mol. The van der Waals surface area contributed by atoms with Crippen LogP contribution in [-0.4, -0.2) is 354 Å². The van der Waals surface area contributed by atoms with Crippen molar-refractivity contribution in [2.24, 2.45) is 11.8 Å². The lowest BCUT2D eigenvalue weighted by Crippen LogP contribution is -2.60. The van der Waals surface area contributed by atoms with Gasteiger partial charge in [0.05, 0.1) is 50.9 Å². The Morgan fingerprint density at radius 3 is 1.25 bits per heavy atom. The number of carbonyl (C=O) groups excluding carboxylic acids is 10. The van der Waals surface area contributed by atoms with E-state index >= 15 is 0 Å². The maximum atomic E-state index is 14.8. The second-order valence-corrected chi connectivity index (χ2v) is 32.2. The molecule has 11 amide bonds. The third-order valence-electron chi connectivity index (χ3n) is 22.0. The summed E-state index contributed by atoms with van der Waals surface area (Å²) in [6.45, 7) is -1.46. The molecule has 2 aromatic carbocycles. The third kappa shape index (κ3) is 38.7. The summed E-state index contributed by atoms with van der Waals surface area (Å²) in [7, 11) is 0. The Hall–Kier alpha value is -14.1. The molecular formula is C83H115N21O28. The maximum Gasteiger partial charge on any atom is 0.326 e. The highest BCUT2D eigenvalue weighted by Crippen LogP contribution is 2.29. The average molecular weight is 1850 g/mol. The van der Waals surface area contributed by atoms with Gasteiger partial charge in [-0.15, -0.1) is 0 Å². The lowest BCUT2D eigenvalue weighted by molar-refractivity contribution is -0.141. The molecule has 1 saturated heterocycles. The van der Waals surface area contributed by atoms with Gasteiger partial charge in [-0.05, 0) is 99.3 Å². The molecule has 3 aromatic heterocycles. The van der Waals surface area contributed by atoms with Gasteiger partial charge < -0.3 is 119 Å². The first-order valence-electron chi connectivity index (χ1n) is 42.9. The summed E-state index contributed by atoms with van der Waals surface area (Å²) in [6.07, 6.45) is 3.18. The molecule has 7 rings (SSSR count). The quantitative estimate of drug-likeness (QED) is 0.0167. The standard InChI is InChI=1S/C83H115N21O28/c105-65(41-101-24-26-102(42-70(114)115)28-30-104(44-72(118)119)31-29-103(27-25-101)43-71(116)117)92-62(34-53-38-84-45-89-53)78(125)94-57(17-20-67(108)109)76(123)98-64(36-55-40-86-47-91-55)80(127)95-58(18-21-68(110)111)77(124)97-63(35-54-39-85-46-90-54)79(126)93-56(9-5-10-66(106)107)74(121)88-37-48-11-15-51(16-12-48)73(120)96-61(33-49-13-14-50-6-1-2-7-52(50)32-49)75(122)87-23-4-3-8-59(81(128)129)99-83(132)100-60(82(130)131)19-22-69(112)113/h1-2,6-7,13-14,32,38-40,45-48,51,56-64H,3-5,8-12,15-31,33-37,41-44H2,(H,84,89)(H,85,90)(H,86,91)(H,87,122)(H,88,121)(H,92,105)(H,93,126)(H,94,125)(H,95,127)(H,96,120)(H,97,124)(H,98,123)(H,106,107)(H,108,109)(H,110,111)(H,112,113)(H,114,115)(H,116,117)(H,118,119)(H,128,129)(H,130,131)(H2,99,100,132)/t48-,51-,56-,57-,58-,59-,60-,61-,62-,63-,64-/m0/s1. The van der Waals surface area contributed by atoms with E-state index in [9.17, 15) is 132 Å². The van der Waals surface area contributed by atoms with Gasteiger partial charge in [0.15, 0.2) is 0 Å². The van der Waals surface area contributed by atoms with Crippen LogP contribution in [0.2, 0.25) is 0 Å². The van der Waals surface area contributed by atoms with Crippen LogP contribution in [0.15, 0.2) is 80.0 Å². The number of amides is 11. The second kappa shape index (κ2) is 54.4. The van der Waals surface area contributed by atoms with Gasteiger partial charge >= 0.3 is 59.8 Å². The van der Waals surface area contributed by atoms with E-state index < -0.39 is 257 Å². The first-order valence-corrected chi connectivity index (χ1v) is 42.9. The lowest BCUT2D eigenvalue weighted by Gasteiger charge is -2.33. The number of rotatable bonds is 55. The zero-order valence-electron chi connectivity index (χ0n) is 72.3. The number of hydrogen-bond acceptors (Lipinski definition) is 26. The van der Waals surface area contributed by atoms with Crippen LogP contribution in [0.5, 0.6) is 0 Å². The van der Waals surface area contributed by atoms with Gasteiger partial charge in [-0.2, -0.15) is 0 Å². The molecule has 23 N–H and O–H groups in total. The first kappa shape index (κ1) is 105. The van der Waals surface area contributed by atoms with Crippen molar-refractivity contribution in [2.45, 2.75) is 183 Å². The number of aromatic nitrogens is 6. The van der Waals surface area contributed by atoms with Gasteiger partial charge in [0.2, 0.25) is 53.2 Å². The molecule has 132 heavy (non-hydrogen) atoms. The highest BCUT2D eigenvalue weighted by molar-refractivity contribution is 5.98. The van der Waals surface area contributed by atoms with E-state index in [0.717, 1.165) is 10.8 Å². The van der Waals surface area contributed by atoms with Crippen molar-refractivity contribution in [3.63, 3.8) is 0 Å². The van der Waals surface area contributed by atoms with Crippen LogP contribution in [0, 0.1) is 11.8 Å². The minimum Gasteiger partial charge on any atom is -0.481 e. The summed E-state index contributed by atoms with van der Waals surface area (Å²) in [6, 6.07) is -2.57. The molecule has 49 heteroatoms. The van der Waals surface area contributed by atoms with Crippen molar-refractivity contribution in [3.05, 3.63) is 103 Å². The van der Waals surface area contributed by atoms with E-state index in [1.807, 2.05) is 42.5 Å². The number of aromatic amines is 3.